The minimum Gasteiger partial charge on any atom is -0.399 e. The Balaban J connectivity index is 1.58. The lowest BCUT2D eigenvalue weighted by Gasteiger charge is -2.17. The molecule has 3 aromatic rings. The van der Waals surface area contributed by atoms with Crippen molar-refractivity contribution in [3.63, 3.8) is 0 Å². The number of nitrogen functional groups attached to an aromatic ring is 2. The van der Waals surface area contributed by atoms with Crippen molar-refractivity contribution < 1.29 is 14.4 Å². The Morgan fingerprint density at radius 2 is 1.72 bits per heavy atom. The van der Waals surface area contributed by atoms with E-state index in [1.165, 1.54) is 5.06 Å². The molecule has 3 aromatic carbocycles. The van der Waals surface area contributed by atoms with Gasteiger partial charge in [0, 0.05) is 11.3 Å². The Morgan fingerprint density at radius 3 is 2.41 bits per heavy atom. The highest BCUT2D eigenvalue weighted by atomic mass is 16.7. The van der Waals surface area contributed by atoms with Gasteiger partial charge < -0.3 is 16.8 Å². The first kappa shape index (κ1) is 19.9. The van der Waals surface area contributed by atoms with Crippen LogP contribution in [-0.4, -0.2) is 17.4 Å². The highest BCUT2D eigenvalue weighted by Gasteiger charge is 2.09. The number of benzene rings is 3. The van der Waals surface area contributed by atoms with Gasteiger partial charge in [0.15, 0.2) is 0 Å². The Kier molecular flexibility index (Phi) is 6.44. The predicted molar refractivity (Wildman–Crippen MR) is 112 cm³/mol. The lowest BCUT2D eigenvalue weighted by molar-refractivity contribution is -0.181. The fourth-order valence-electron chi connectivity index (χ4n) is 2.70. The molecule has 0 aliphatic heterocycles. The molecule has 2 amide bonds. The van der Waals surface area contributed by atoms with Crippen molar-refractivity contribution in [2.75, 3.05) is 16.8 Å². The number of nitrogens with two attached hydrogens (primary N) is 2. The van der Waals surface area contributed by atoms with Crippen LogP contribution in [0.3, 0.4) is 0 Å². The predicted octanol–water partition coefficient (Wildman–Crippen LogP) is 3.19. The summed E-state index contributed by atoms with van der Waals surface area (Å²) in [6.07, 6.45) is 0.616. The Hall–Kier alpha value is -3.84. The molecule has 3 rings (SSSR count). The smallest absolute Gasteiger partial charge is 0.255 e. The molecule has 0 saturated carbocycles. The van der Waals surface area contributed by atoms with E-state index in [1.54, 1.807) is 60.7 Å². The van der Waals surface area contributed by atoms with E-state index in [0.29, 0.717) is 29.0 Å². The lowest BCUT2D eigenvalue weighted by atomic mass is 10.1. The standard InChI is InChI=1S/C22H22N4O3/c23-19-5-3-4-17(12-19)14-29-26(15-27)13-16-8-10-18(11-9-16)22(28)25-21-7-2-1-6-20(21)24/h1-12,15H,13-14,23-24H2,(H,25,28). The summed E-state index contributed by atoms with van der Waals surface area (Å²) in [4.78, 5) is 29.2. The molecule has 0 aliphatic rings. The van der Waals surface area contributed by atoms with Crippen LogP contribution in [0.2, 0.25) is 0 Å². The van der Waals surface area contributed by atoms with Crippen molar-refractivity contribution in [1.82, 2.24) is 5.06 Å². The molecule has 0 radical (unpaired) electrons. The van der Waals surface area contributed by atoms with E-state index >= 15 is 0 Å². The van der Waals surface area contributed by atoms with Gasteiger partial charge in [-0.3, -0.25) is 14.4 Å². The summed E-state index contributed by atoms with van der Waals surface area (Å²) in [5, 5.41) is 3.97. The van der Waals surface area contributed by atoms with Crippen molar-refractivity contribution in [3.8, 4) is 0 Å². The first-order valence-electron chi connectivity index (χ1n) is 8.99. The number of para-hydroxylation sites is 2. The molecule has 0 atom stereocenters. The van der Waals surface area contributed by atoms with Gasteiger partial charge in [-0.1, -0.05) is 36.4 Å². The molecular formula is C22H22N4O3. The van der Waals surface area contributed by atoms with Crippen LogP contribution in [0, 0.1) is 0 Å². The zero-order valence-corrected chi connectivity index (χ0v) is 15.7. The summed E-state index contributed by atoms with van der Waals surface area (Å²) in [7, 11) is 0. The number of nitrogens with one attached hydrogen (secondary N) is 1. The third kappa shape index (κ3) is 5.57. The summed E-state index contributed by atoms with van der Waals surface area (Å²) >= 11 is 0. The van der Waals surface area contributed by atoms with Crippen molar-refractivity contribution in [2.24, 2.45) is 0 Å². The van der Waals surface area contributed by atoms with E-state index in [-0.39, 0.29) is 19.1 Å². The van der Waals surface area contributed by atoms with Gasteiger partial charge in [-0.2, -0.15) is 0 Å². The van der Waals surface area contributed by atoms with Gasteiger partial charge in [0.2, 0.25) is 6.41 Å². The fourth-order valence-corrected chi connectivity index (χ4v) is 2.70. The quantitative estimate of drug-likeness (QED) is 0.311. The van der Waals surface area contributed by atoms with Gasteiger partial charge in [0.1, 0.15) is 6.61 Å². The number of amides is 2. The topological polar surface area (TPSA) is 111 Å². The van der Waals surface area contributed by atoms with Gasteiger partial charge in [-0.15, -0.1) is 0 Å². The fraction of sp³-hybridized carbons (Fsp3) is 0.0909. The number of carbonyl (C=O) groups is 2. The van der Waals surface area contributed by atoms with Crippen LogP contribution in [0.4, 0.5) is 17.1 Å². The molecule has 29 heavy (non-hydrogen) atoms. The number of anilines is 3. The number of rotatable bonds is 8. The first-order chi connectivity index (χ1) is 14.0. The maximum atomic E-state index is 12.4. The number of hydrogen-bond donors (Lipinski definition) is 3. The summed E-state index contributed by atoms with van der Waals surface area (Å²) in [6, 6.07) is 21.2. The molecule has 0 saturated heterocycles. The molecule has 0 bridgehead atoms. The third-order valence-corrected chi connectivity index (χ3v) is 4.23. The molecule has 7 heteroatoms. The molecule has 0 aromatic heterocycles. The third-order valence-electron chi connectivity index (χ3n) is 4.23. The molecule has 0 unspecified atom stereocenters. The van der Waals surface area contributed by atoms with Crippen molar-refractivity contribution in [3.05, 3.63) is 89.5 Å². The molecule has 148 valence electrons. The summed E-state index contributed by atoms with van der Waals surface area (Å²) in [5.74, 6) is -0.264. The second kappa shape index (κ2) is 9.38. The molecule has 7 nitrogen and oxygen atoms in total. The maximum Gasteiger partial charge on any atom is 0.255 e. The van der Waals surface area contributed by atoms with Gasteiger partial charge in [0.05, 0.1) is 17.9 Å². The highest BCUT2D eigenvalue weighted by molar-refractivity contribution is 6.05. The summed E-state index contributed by atoms with van der Waals surface area (Å²) < 4.78 is 0. The van der Waals surface area contributed by atoms with E-state index in [4.69, 9.17) is 16.3 Å². The molecule has 0 heterocycles. The second-order valence-corrected chi connectivity index (χ2v) is 6.44. The van der Waals surface area contributed by atoms with Gasteiger partial charge >= 0.3 is 0 Å². The first-order valence-corrected chi connectivity index (χ1v) is 8.99. The maximum absolute atomic E-state index is 12.4. The monoisotopic (exact) mass is 390 g/mol. The summed E-state index contributed by atoms with van der Waals surface area (Å²) in [5.41, 5.74) is 15.4. The van der Waals surface area contributed by atoms with Crippen LogP contribution in [0.25, 0.3) is 0 Å². The van der Waals surface area contributed by atoms with Gasteiger partial charge in [-0.05, 0) is 47.5 Å². The van der Waals surface area contributed by atoms with E-state index in [0.717, 1.165) is 11.1 Å². The van der Waals surface area contributed by atoms with E-state index < -0.39 is 0 Å². The minimum atomic E-state index is -0.264. The van der Waals surface area contributed by atoms with Crippen LogP contribution in [0.1, 0.15) is 21.5 Å². The van der Waals surface area contributed by atoms with Crippen molar-refractivity contribution >= 4 is 29.4 Å². The number of carbonyl (C=O) groups excluding carboxylic acids is 2. The number of nitrogens with zero attached hydrogens (tertiary/aromatic N) is 1. The minimum absolute atomic E-state index is 0.225. The zero-order valence-electron chi connectivity index (χ0n) is 15.7. The van der Waals surface area contributed by atoms with Crippen molar-refractivity contribution in [2.45, 2.75) is 13.2 Å². The second-order valence-electron chi connectivity index (χ2n) is 6.44. The molecule has 5 N–H and O–H groups in total. The van der Waals surface area contributed by atoms with Crippen molar-refractivity contribution in [1.29, 1.82) is 0 Å². The molecule has 0 aliphatic carbocycles. The lowest BCUT2D eigenvalue weighted by Crippen LogP contribution is -2.22. The summed E-state index contributed by atoms with van der Waals surface area (Å²) in [6.45, 7) is 0.474. The Labute approximate surface area is 168 Å². The average molecular weight is 390 g/mol. The Bertz CT molecular complexity index is 989. The Morgan fingerprint density at radius 1 is 0.966 bits per heavy atom. The number of hydrogen-bond acceptors (Lipinski definition) is 5. The van der Waals surface area contributed by atoms with Crippen LogP contribution < -0.4 is 16.8 Å². The van der Waals surface area contributed by atoms with Crippen LogP contribution in [0.5, 0.6) is 0 Å². The SMILES string of the molecule is Nc1cccc(CON(C=O)Cc2ccc(C(=O)Nc3ccccc3N)cc2)c1. The van der Waals surface area contributed by atoms with E-state index in [1.807, 2.05) is 12.1 Å². The number of hydroxylamine groups is 2. The highest BCUT2D eigenvalue weighted by Crippen LogP contribution is 2.18. The zero-order chi connectivity index (χ0) is 20.6. The van der Waals surface area contributed by atoms with Gasteiger partial charge in [0.25, 0.3) is 5.91 Å². The average Bonchev–Trinajstić information content (AvgIpc) is 2.73. The van der Waals surface area contributed by atoms with Crippen LogP contribution >= 0.6 is 0 Å². The van der Waals surface area contributed by atoms with Crippen LogP contribution in [-0.2, 0) is 22.8 Å². The van der Waals surface area contributed by atoms with Crippen LogP contribution in [0.15, 0.2) is 72.8 Å². The van der Waals surface area contributed by atoms with E-state index in [2.05, 4.69) is 5.32 Å². The molecule has 0 spiro atoms. The largest absolute Gasteiger partial charge is 0.399 e. The van der Waals surface area contributed by atoms with Gasteiger partial charge in [-0.25, -0.2) is 5.06 Å². The van der Waals surface area contributed by atoms with E-state index in [9.17, 15) is 9.59 Å². The normalized spacial score (nSPS) is 10.3. The molecular weight excluding hydrogens is 368 g/mol. The molecule has 0 fully saturated rings.